The van der Waals surface area contributed by atoms with E-state index in [9.17, 15) is 0 Å². The third-order valence-electron chi connectivity index (χ3n) is 10.8. The maximum Gasteiger partial charge on any atom is 0.188 e. The quantitative estimate of drug-likeness (QED) is 0.204. The van der Waals surface area contributed by atoms with Gasteiger partial charge >= 0.3 is 0 Å². The fourth-order valence-corrected chi connectivity index (χ4v) is 8.84. The minimum atomic E-state index is -0.483. The van der Waals surface area contributed by atoms with Crippen molar-refractivity contribution in [3.05, 3.63) is 101 Å². The molecule has 0 radical (unpaired) electrons. The molecule has 0 unspecified atom stereocenters. The Morgan fingerprint density at radius 3 is 2.74 bits per heavy atom. The molecule has 6 heteroatoms. The second-order valence-corrected chi connectivity index (χ2v) is 13.0. The van der Waals surface area contributed by atoms with Crippen LogP contribution in [0.3, 0.4) is 0 Å². The lowest BCUT2D eigenvalue weighted by Gasteiger charge is -2.64. The zero-order valence-corrected chi connectivity index (χ0v) is 24.6. The summed E-state index contributed by atoms with van der Waals surface area (Å²) in [7, 11) is 1.65. The van der Waals surface area contributed by atoms with E-state index < -0.39 is 5.60 Å². The fourth-order valence-electron chi connectivity index (χ4n) is 8.84. The van der Waals surface area contributed by atoms with Gasteiger partial charge in [0.05, 0.1) is 12.0 Å². The second-order valence-electron chi connectivity index (χ2n) is 13.0. The van der Waals surface area contributed by atoms with Gasteiger partial charge in [0.15, 0.2) is 24.4 Å². The molecule has 220 valence electrons. The van der Waals surface area contributed by atoms with Crippen LogP contribution in [-0.4, -0.2) is 50.1 Å². The predicted octanol–water partition coefficient (Wildman–Crippen LogP) is 6.85. The molecule has 4 atom stereocenters. The number of fused-ring (bicyclic) bond motifs is 4. The van der Waals surface area contributed by atoms with Crippen LogP contribution >= 0.6 is 0 Å². The lowest BCUT2D eigenvalue weighted by molar-refractivity contribution is -0.201. The van der Waals surface area contributed by atoms with Crippen LogP contribution in [0.15, 0.2) is 77.2 Å². The standard InChI is InChI=1S/C37H37NO5/c1-39-23-40-30-16-15-26-20-31-37(41-19-7-10-24-8-3-2-4-9-24)21-28-27-11-5-6-12-29(27)42-33(28)35-36(37,32(26)34(30)43-35)17-18-38(31)22-25-13-14-25/h2-12,15-16,25,31,35H,13-14,17-23H2,1H3/b10-7+/t31-,35+,36+,37-/m1/s1. The molecule has 1 spiro atoms. The molecule has 1 aromatic heterocycles. The number of rotatable bonds is 9. The van der Waals surface area contributed by atoms with Crippen LogP contribution in [0.5, 0.6) is 11.5 Å². The Labute approximate surface area is 252 Å². The van der Waals surface area contributed by atoms with Crippen molar-refractivity contribution >= 4 is 17.0 Å². The van der Waals surface area contributed by atoms with Gasteiger partial charge in [-0.15, -0.1) is 0 Å². The molecular formula is C37H37NO5. The van der Waals surface area contributed by atoms with Gasteiger partial charge in [0.1, 0.15) is 16.9 Å². The van der Waals surface area contributed by atoms with E-state index in [4.69, 9.17) is 23.4 Å². The Bertz CT molecular complexity index is 1720. The molecule has 0 amide bonds. The van der Waals surface area contributed by atoms with E-state index in [0.717, 1.165) is 61.1 Å². The van der Waals surface area contributed by atoms with Crippen molar-refractivity contribution in [2.45, 2.75) is 55.3 Å². The van der Waals surface area contributed by atoms with Crippen molar-refractivity contribution in [1.82, 2.24) is 4.90 Å². The number of hydrogen-bond acceptors (Lipinski definition) is 6. The van der Waals surface area contributed by atoms with Gasteiger partial charge in [-0.25, -0.2) is 0 Å². The molecule has 3 aromatic carbocycles. The smallest absolute Gasteiger partial charge is 0.188 e. The molecule has 2 aliphatic heterocycles. The molecule has 0 N–H and O–H groups in total. The average Bonchev–Trinajstić information content (AvgIpc) is 3.68. The maximum atomic E-state index is 7.43. The maximum absolute atomic E-state index is 7.43. The molecule has 43 heavy (non-hydrogen) atoms. The molecule has 1 saturated heterocycles. The van der Waals surface area contributed by atoms with Gasteiger partial charge in [-0.1, -0.05) is 66.7 Å². The molecule has 2 fully saturated rings. The number of para-hydroxylation sites is 1. The summed E-state index contributed by atoms with van der Waals surface area (Å²) in [6, 6.07) is 23.5. The molecule has 6 nitrogen and oxygen atoms in total. The highest BCUT2D eigenvalue weighted by atomic mass is 16.7. The van der Waals surface area contributed by atoms with Crippen LogP contribution in [-0.2, 0) is 27.7 Å². The van der Waals surface area contributed by atoms with Crippen molar-refractivity contribution in [2.75, 3.05) is 33.6 Å². The van der Waals surface area contributed by atoms with Crippen molar-refractivity contribution in [1.29, 1.82) is 0 Å². The number of likely N-dealkylation sites (tertiary alicyclic amines) is 1. The van der Waals surface area contributed by atoms with Crippen molar-refractivity contribution in [3.63, 3.8) is 0 Å². The predicted molar refractivity (Wildman–Crippen MR) is 164 cm³/mol. The topological polar surface area (TPSA) is 53.3 Å². The molecule has 4 aromatic rings. The number of methoxy groups -OCH3 is 1. The third kappa shape index (κ3) is 3.70. The van der Waals surface area contributed by atoms with Crippen molar-refractivity contribution in [3.8, 4) is 11.5 Å². The van der Waals surface area contributed by atoms with Gasteiger partial charge in [-0.05, 0) is 61.4 Å². The molecule has 9 rings (SSSR count). The first-order valence-electron chi connectivity index (χ1n) is 15.8. The van der Waals surface area contributed by atoms with E-state index in [1.54, 1.807) is 7.11 Å². The largest absolute Gasteiger partial charge is 0.477 e. The van der Waals surface area contributed by atoms with E-state index in [2.05, 4.69) is 83.8 Å². The van der Waals surface area contributed by atoms with E-state index in [1.807, 2.05) is 0 Å². The Morgan fingerprint density at radius 1 is 1.02 bits per heavy atom. The van der Waals surface area contributed by atoms with Crippen LogP contribution in [0.4, 0.5) is 0 Å². The van der Waals surface area contributed by atoms with E-state index in [1.165, 1.54) is 40.5 Å². The van der Waals surface area contributed by atoms with E-state index in [-0.39, 0.29) is 24.4 Å². The molecule has 3 aliphatic carbocycles. The molecular weight excluding hydrogens is 538 g/mol. The van der Waals surface area contributed by atoms with Gasteiger partial charge in [0.2, 0.25) is 0 Å². The highest BCUT2D eigenvalue weighted by molar-refractivity contribution is 5.84. The van der Waals surface area contributed by atoms with Crippen LogP contribution in [0.2, 0.25) is 0 Å². The summed E-state index contributed by atoms with van der Waals surface area (Å²) in [5.41, 5.74) is 5.09. The van der Waals surface area contributed by atoms with E-state index in [0.29, 0.717) is 6.61 Å². The number of nitrogens with zero attached hydrogens (tertiary/aromatic N) is 1. The number of hydrogen-bond donors (Lipinski definition) is 0. The Hall–Kier alpha value is -3.58. The lowest BCUT2D eigenvalue weighted by Crippen LogP contribution is -2.75. The first-order chi connectivity index (χ1) is 21.2. The van der Waals surface area contributed by atoms with Crippen LogP contribution in [0.1, 0.15) is 53.4 Å². The Kier molecular flexibility index (Phi) is 5.85. The zero-order chi connectivity index (χ0) is 28.6. The number of benzene rings is 3. The summed E-state index contributed by atoms with van der Waals surface area (Å²) in [6.07, 6.45) is 9.44. The first kappa shape index (κ1) is 25.9. The minimum Gasteiger partial charge on any atom is -0.477 e. The summed E-state index contributed by atoms with van der Waals surface area (Å²) in [6.45, 7) is 2.89. The molecule has 1 saturated carbocycles. The average molecular weight is 576 g/mol. The normalized spacial score (nSPS) is 28.6. The molecule has 2 bridgehead atoms. The van der Waals surface area contributed by atoms with Gasteiger partial charge in [-0.2, -0.15) is 0 Å². The molecule has 3 heterocycles. The number of furan rings is 1. The van der Waals surface area contributed by atoms with Crippen LogP contribution < -0.4 is 9.47 Å². The van der Waals surface area contributed by atoms with Gasteiger partial charge in [0, 0.05) is 42.6 Å². The van der Waals surface area contributed by atoms with Crippen LogP contribution in [0, 0.1) is 5.92 Å². The van der Waals surface area contributed by atoms with Crippen LogP contribution in [0.25, 0.3) is 17.0 Å². The summed E-state index contributed by atoms with van der Waals surface area (Å²) in [5, 5.41) is 1.17. The first-order valence-corrected chi connectivity index (χ1v) is 15.8. The van der Waals surface area contributed by atoms with Crippen molar-refractivity contribution < 1.29 is 23.4 Å². The Morgan fingerprint density at radius 2 is 1.88 bits per heavy atom. The number of piperidine rings is 1. The van der Waals surface area contributed by atoms with E-state index >= 15 is 0 Å². The summed E-state index contributed by atoms with van der Waals surface area (Å²) in [5.74, 6) is 3.33. The fraction of sp³-hybridized carbons (Fsp3) is 0.405. The SMILES string of the molecule is COCOc1ccc2c3c1O[C@H]1c4oc5ccccc5c4C[C@@]4(OC/C=C/c5ccccc5)[C@@H](C2)N(CC2CC2)CC[C@]314. The van der Waals surface area contributed by atoms with Gasteiger partial charge in [-0.3, -0.25) is 4.90 Å². The summed E-state index contributed by atoms with van der Waals surface area (Å²) >= 11 is 0. The van der Waals surface area contributed by atoms with Gasteiger partial charge < -0.3 is 23.4 Å². The number of ether oxygens (including phenoxy) is 4. The summed E-state index contributed by atoms with van der Waals surface area (Å²) in [4.78, 5) is 2.77. The molecule has 5 aliphatic rings. The highest BCUT2D eigenvalue weighted by Crippen LogP contribution is 2.70. The minimum absolute atomic E-state index is 0.173. The third-order valence-corrected chi connectivity index (χ3v) is 10.8. The Balaban J connectivity index is 1.24. The zero-order valence-electron chi connectivity index (χ0n) is 24.6. The van der Waals surface area contributed by atoms with Gasteiger partial charge in [0.25, 0.3) is 0 Å². The monoisotopic (exact) mass is 575 g/mol. The lowest BCUT2D eigenvalue weighted by atomic mass is 9.49. The second kappa shape index (κ2) is 9.71. The highest BCUT2D eigenvalue weighted by Gasteiger charge is 2.74. The van der Waals surface area contributed by atoms with Crippen molar-refractivity contribution in [2.24, 2.45) is 5.92 Å². The summed E-state index contributed by atoms with van der Waals surface area (Å²) < 4.78 is 32.7.